The third kappa shape index (κ3) is 4.96. The molecule has 0 fully saturated rings. The van der Waals surface area contributed by atoms with E-state index in [0.29, 0.717) is 28.5 Å². The number of nitrogens with zero attached hydrogens (tertiary/aromatic N) is 4. The Hall–Kier alpha value is -4.31. The summed E-state index contributed by atoms with van der Waals surface area (Å²) in [5.41, 5.74) is 3.83. The van der Waals surface area contributed by atoms with Gasteiger partial charge in [0.25, 0.3) is 11.8 Å². The van der Waals surface area contributed by atoms with Gasteiger partial charge in [0.15, 0.2) is 5.65 Å². The number of carbonyl (C=O) groups is 2. The van der Waals surface area contributed by atoms with Crippen molar-refractivity contribution in [1.29, 1.82) is 0 Å². The highest BCUT2D eigenvalue weighted by molar-refractivity contribution is 5.95. The van der Waals surface area contributed by atoms with Crippen LogP contribution in [0.2, 0.25) is 0 Å². The zero-order valence-electron chi connectivity index (χ0n) is 18.1. The predicted molar refractivity (Wildman–Crippen MR) is 123 cm³/mol. The molecule has 0 saturated heterocycles. The van der Waals surface area contributed by atoms with Gasteiger partial charge in [0.05, 0.1) is 18.0 Å². The highest BCUT2D eigenvalue weighted by atomic mass is 16.3. The topological polar surface area (TPSA) is 134 Å². The number of rotatable bonds is 7. The third-order valence-electron chi connectivity index (χ3n) is 4.86. The molecule has 0 unspecified atom stereocenters. The van der Waals surface area contributed by atoms with Gasteiger partial charge in [-0.25, -0.2) is 9.50 Å². The molecule has 33 heavy (non-hydrogen) atoms. The molecule has 1 atom stereocenters. The molecule has 0 spiro atoms. The van der Waals surface area contributed by atoms with E-state index >= 15 is 0 Å². The molecule has 168 valence electrons. The van der Waals surface area contributed by atoms with E-state index in [1.807, 2.05) is 24.3 Å². The Balaban J connectivity index is 1.55. The van der Waals surface area contributed by atoms with E-state index in [9.17, 15) is 14.7 Å². The van der Waals surface area contributed by atoms with Gasteiger partial charge in [0, 0.05) is 30.9 Å². The molecule has 4 aromatic rings. The quantitative estimate of drug-likeness (QED) is 0.342. The molecule has 4 N–H and O–H groups in total. The van der Waals surface area contributed by atoms with Crippen molar-refractivity contribution in [3.05, 3.63) is 72.2 Å². The molecule has 0 aliphatic carbocycles. The summed E-state index contributed by atoms with van der Waals surface area (Å²) < 4.78 is 1.66. The van der Waals surface area contributed by atoms with Gasteiger partial charge in [-0.2, -0.15) is 4.98 Å². The molecular weight excluding hydrogens is 422 g/mol. The minimum atomic E-state index is -0.605. The van der Waals surface area contributed by atoms with Crippen molar-refractivity contribution in [2.24, 2.45) is 0 Å². The molecule has 3 aromatic heterocycles. The maximum atomic E-state index is 12.2. The summed E-state index contributed by atoms with van der Waals surface area (Å²) in [6.45, 7) is 1.81. The monoisotopic (exact) mass is 445 g/mol. The van der Waals surface area contributed by atoms with Crippen LogP contribution in [-0.4, -0.2) is 56.2 Å². The van der Waals surface area contributed by atoms with Crippen molar-refractivity contribution >= 4 is 29.1 Å². The van der Waals surface area contributed by atoms with E-state index in [1.165, 1.54) is 0 Å². The fourth-order valence-electron chi connectivity index (χ4n) is 3.19. The van der Waals surface area contributed by atoms with E-state index in [0.717, 1.165) is 11.1 Å². The van der Waals surface area contributed by atoms with Crippen LogP contribution in [0.15, 0.2) is 60.9 Å². The third-order valence-corrected chi connectivity index (χ3v) is 4.86. The molecule has 3 heterocycles. The van der Waals surface area contributed by atoms with Crippen LogP contribution in [0.25, 0.3) is 16.8 Å². The number of hydrogen-bond acceptors (Lipinski definition) is 7. The summed E-state index contributed by atoms with van der Waals surface area (Å²) in [4.78, 5) is 32.5. The highest BCUT2D eigenvalue weighted by Gasteiger charge is 2.12. The normalized spacial score (nSPS) is 11.7. The number of amides is 2. The fraction of sp³-hybridized carbons (Fsp3) is 0.174. The summed E-state index contributed by atoms with van der Waals surface area (Å²) in [6, 6.07) is 14.3. The van der Waals surface area contributed by atoms with E-state index < -0.39 is 6.10 Å². The molecule has 0 saturated carbocycles. The predicted octanol–water partition coefficient (Wildman–Crippen LogP) is 2.01. The van der Waals surface area contributed by atoms with Crippen LogP contribution < -0.4 is 16.0 Å². The molecule has 0 radical (unpaired) electrons. The average Bonchev–Trinajstić information content (AvgIpc) is 3.25. The Kier molecular flexibility index (Phi) is 6.27. The number of carbonyl (C=O) groups excluding carboxylic acids is 2. The zero-order chi connectivity index (χ0) is 23.4. The molecular formula is C23H23N7O3. The Labute approximate surface area is 189 Å². The van der Waals surface area contributed by atoms with Crippen molar-refractivity contribution in [2.75, 3.05) is 18.9 Å². The molecule has 1 aromatic carbocycles. The van der Waals surface area contributed by atoms with Crippen LogP contribution in [0.3, 0.4) is 0 Å². The number of aliphatic hydroxyl groups excluding tert-OH is 1. The maximum Gasteiger partial charge on any atom is 0.269 e. The van der Waals surface area contributed by atoms with Gasteiger partial charge in [-0.15, -0.1) is 5.10 Å². The van der Waals surface area contributed by atoms with E-state index in [4.69, 9.17) is 0 Å². The molecule has 0 bridgehead atoms. The largest absolute Gasteiger partial charge is 0.392 e. The summed E-state index contributed by atoms with van der Waals surface area (Å²) in [7, 11) is 1.55. The number of nitrogens with one attached hydrogen (secondary N) is 3. The van der Waals surface area contributed by atoms with Crippen LogP contribution >= 0.6 is 0 Å². The van der Waals surface area contributed by atoms with Crippen LogP contribution in [0.5, 0.6) is 0 Å². The van der Waals surface area contributed by atoms with Gasteiger partial charge in [0.1, 0.15) is 5.69 Å². The lowest BCUT2D eigenvalue weighted by molar-refractivity contribution is 0.0922. The van der Waals surface area contributed by atoms with Gasteiger partial charge in [-0.1, -0.05) is 12.1 Å². The molecule has 10 heteroatoms. The average molecular weight is 445 g/mol. The first-order chi connectivity index (χ1) is 15.9. The van der Waals surface area contributed by atoms with Crippen LogP contribution in [-0.2, 0) is 0 Å². The molecule has 2 amide bonds. The van der Waals surface area contributed by atoms with Crippen molar-refractivity contribution in [2.45, 2.75) is 13.0 Å². The first kappa shape index (κ1) is 21.9. The van der Waals surface area contributed by atoms with Crippen LogP contribution in [0.4, 0.5) is 11.6 Å². The van der Waals surface area contributed by atoms with Gasteiger partial charge in [0.2, 0.25) is 5.95 Å². The number of fused-ring (bicyclic) bond motifs is 1. The van der Waals surface area contributed by atoms with Gasteiger partial charge < -0.3 is 21.1 Å². The zero-order valence-corrected chi connectivity index (χ0v) is 18.1. The second-order valence-electron chi connectivity index (χ2n) is 7.40. The molecule has 4 rings (SSSR count). The Morgan fingerprint density at radius 3 is 2.55 bits per heavy atom. The van der Waals surface area contributed by atoms with Gasteiger partial charge in [-0.3, -0.25) is 9.59 Å². The SMILES string of the molecule is CNC(=O)c1ccc(Nc2nc3c(-c4ccc(C(=O)NC[C@@H](C)O)cc4)cccn3n2)cn1. The number of aromatic nitrogens is 4. The van der Waals surface area contributed by atoms with E-state index in [1.54, 1.807) is 55.1 Å². The van der Waals surface area contributed by atoms with Crippen molar-refractivity contribution in [3.8, 4) is 11.1 Å². The first-order valence-electron chi connectivity index (χ1n) is 10.3. The minimum absolute atomic E-state index is 0.194. The fourth-order valence-corrected chi connectivity index (χ4v) is 3.19. The van der Waals surface area contributed by atoms with Crippen molar-refractivity contribution in [1.82, 2.24) is 30.2 Å². The molecule has 10 nitrogen and oxygen atoms in total. The summed E-state index contributed by atoms with van der Waals surface area (Å²) in [5, 5.41) is 22.1. The first-order valence-corrected chi connectivity index (χ1v) is 10.3. The number of pyridine rings is 2. The lowest BCUT2D eigenvalue weighted by atomic mass is 10.0. The lowest BCUT2D eigenvalue weighted by Gasteiger charge is -2.08. The van der Waals surface area contributed by atoms with Gasteiger partial charge in [-0.05, 0) is 48.9 Å². The van der Waals surface area contributed by atoms with E-state index in [2.05, 4.69) is 31.0 Å². The maximum absolute atomic E-state index is 12.2. The second kappa shape index (κ2) is 9.45. The number of aliphatic hydroxyl groups is 1. The van der Waals surface area contributed by atoms with Crippen molar-refractivity contribution in [3.63, 3.8) is 0 Å². The second-order valence-corrected chi connectivity index (χ2v) is 7.40. The van der Waals surface area contributed by atoms with Crippen LogP contribution in [0, 0.1) is 0 Å². The summed E-state index contributed by atoms with van der Waals surface area (Å²) in [5.74, 6) is -0.125. The van der Waals surface area contributed by atoms with Gasteiger partial charge >= 0.3 is 0 Å². The standard InChI is InChI=1S/C23H23N7O3/c1-14(31)12-26-21(32)16-7-5-15(6-8-16)18-4-3-11-30-20(18)28-23(29-30)27-17-9-10-19(25-13-17)22(33)24-2/h3-11,13-14,31H,12H2,1-2H3,(H,24,33)(H,26,32)(H,27,29)/t14-/m1/s1. The Morgan fingerprint density at radius 1 is 1.09 bits per heavy atom. The minimum Gasteiger partial charge on any atom is -0.392 e. The number of anilines is 2. The summed E-state index contributed by atoms with van der Waals surface area (Å²) in [6.07, 6.45) is 2.73. The van der Waals surface area contributed by atoms with E-state index in [-0.39, 0.29) is 18.4 Å². The molecule has 0 aliphatic rings. The lowest BCUT2D eigenvalue weighted by Crippen LogP contribution is -2.30. The molecule has 0 aliphatic heterocycles. The van der Waals surface area contributed by atoms with Crippen molar-refractivity contribution < 1.29 is 14.7 Å². The smallest absolute Gasteiger partial charge is 0.269 e. The number of benzene rings is 1. The summed E-state index contributed by atoms with van der Waals surface area (Å²) >= 11 is 0. The highest BCUT2D eigenvalue weighted by Crippen LogP contribution is 2.25. The number of hydrogen-bond donors (Lipinski definition) is 4. The van der Waals surface area contributed by atoms with Crippen LogP contribution in [0.1, 0.15) is 27.8 Å². The Morgan fingerprint density at radius 2 is 1.88 bits per heavy atom. The Bertz CT molecular complexity index is 1280.